The average Bonchev–Trinajstić information content (AvgIpc) is 2.40. The highest BCUT2D eigenvalue weighted by molar-refractivity contribution is 6.30. The van der Waals surface area contributed by atoms with Gasteiger partial charge in [-0.15, -0.1) is 0 Å². The number of nitrogens with zero attached hydrogens (tertiary/aromatic N) is 1. The fourth-order valence-corrected chi connectivity index (χ4v) is 2.38. The second kappa shape index (κ2) is 8.25. The van der Waals surface area contributed by atoms with Gasteiger partial charge in [0.25, 0.3) is 0 Å². The van der Waals surface area contributed by atoms with Gasteiger partial charge in [-0.1, -0.05) is 37.6 Å². The first-order valence-corrected chi connectivity index (χ1v) is 7.15. The minimum absolute atomic E-state index is 0.0783. The summed E-state index contributed by atoms with van der Waals surface area (Å²) >= 11 is 5.88. The number of aliphatic hydroxyl groups is 2. The van der Waals surface area contributed by atoms with Crippen molar-refractivity contribution >= 4 is 17.5 Å². The SMILES string of the molecule is CC(C)C(C(=O)N(CCO)CCO)c1ccc(Cl)cc1. The average molecular weight is 300 g/mol. The van der Waals surface area contributed by atoms with E-state index in [4.69, 9.17) is 21.8 Å². The van der Waals surface area contributed by atoms with Crippen molar-refractivity contribution in [3.63, 3.8) is 0 Å². The van der Waals surface area contributed by atoms with E-state index in [2.05, 4.69) is 0 Å². The molecule has 1 aromatic carbocycles. The summed E-state index contributed by atoms with van der Waals surface area (Å²) in [6, 6.07) is 7.23. The number of carbonyl (C=O) groups excluding carboxylic acids is 1. The van der Waals surface area contributed by atoms with Crippen LogP contribution in [0.15, 0.2) is 24.3 Å². The first-order valence-electron chi connectivity index (χ1n) is 6.77. The van der Waals surface area contributed by atoms with Gasteiger partial charge in [0.2, 0.25) is 5.91 Å². The van der Waals surface area contributed by atoms with Gasteiger partial charge in [-0.05, 0) is 23.6 Å². The molecule has 0 aliphatic heterocycles. The summed E-state index contributed by atoms with van der Waals surface area (Å²) in [6.45, 7) is 4.20. The Hall–Kier alpha value is -1.10. The smallest absolute Gasteiger partial charge is 0.230 e. The first-order chi connectivity index (χ1) is 9.51. The molecule has 2 N–H and O–H groups in total. The predicted molar refractivity (Wildman–Crippen MR) is 79.8 cm³/mol. The van der Waals surface area contributed by atoms with Crippen LogP contribution >= 0.6 is 11.6 Å². The van der Waals surface area contributed by atoms with Gasteiger partial charge in [-0.25, -0.2) is 0 Å². The number of rotatable bonds is 7. The third kappa shape index (κ3) is 4.47. The second-order valence-electron chi connectivity index (χ2n) is 5.05. The van der Waals surface area contributed by atoms with Gasteiger partial charge in [-0.3, -0.25) is 4.79 Å². The minimum atomic E-state index is -0.301. The van der Waals surface area contributed by atoms with E-state index in [9.17, 15) is 4.79 Å². The lowest BCUT2D eigenvalue weighted by atomic mass is 9.87. The summed E-state index contributed by atoms with van der Waals surface area (Å²) < 4.78 is 0. The van der Waals surface area contributed by atoms with Crippen LogP contribution in [-0.4, -0.2) is 47.3 Å². The van der Waals surface area contributed by atoms with Crippen molar-refractivity contribution in [3.8, 4) is 0 Å². The molecule has 5 heteroatoms. The lowest BCUT2D eigenvalue weighted by Crippen LogP contribution is -2.40. The van der Waals surface area contributed by atoms with E-state index in [0.717, 1.165) is 5.56 Å². The van der Waals surface area contributed by atoms with E-state index < -0.39 is 0 Å². The summed E-state index contributed by atoms with van der Waals surface area (Å²) in [6.07, 6.45) is 0. The second-order valence-corrected chi connectivity index (χ2v) is 5.48. The highest BCUT2D eigenvalue weighted by Gasteiger charge is 2.28. The van der Waals surface area contributed by atoms with Crippen LogP contribution in [0.1, 0.15) is 25.3 Å². The van der Waals surface area contributed by atoms with Crippen molar-refractivity contribution in [2.75, 3.05) is 26.3 Å². The van der Waals surface area contributed by atoms with Crippen LogP contribution in [0.2, 0.25) is 5.02 Å². The zero-order valence-corrected chi connectivity index (χ0v) is 12.7. The molecule has 1 amide bonds. The van der Waals surface area contributed by atoms with Crippen LogP contribution in [0.25, 0.3) is 0 Å². The van der Waals surface area contributed by atoms with Crippen LogP contribution in [0.4, 0.5) is 0 Å². The summed E-state index contributed by atoms with van der Waals surface area (Å²) in [7, 11) is 0. The summed E-state index contributed by atoms with van der Waals surface area (Å²) in [5.41, 5.74) is 0.898. The Bertz CT molecular complexity index is 414. The molecular formula is C15H22ClNO3. The van der Waals surface area contributed by atoms with E-state index in [0.29, 0.717) is 5.02 Å². The van der Waals surface area contributed by atoms with Crippen LogP contribution < -0.4 is 0 Å². The molecule has 0 spiro atoms. The molecule has 0 heterocycles. The molecule has 1 atom stereocenters. The standard InChI is InChI=1S/C15H22ClNO3/c1-11(2)14(12-3-5-13(16)6-4-12)15(20)17(7-9-18)8-10-19/h3-6,11,14,18-19H,7-10H2,1-2H3. The summed E-state index contributed by atoms with van der Waals surface area (Å²) in [4.78, 5) is 14.1. The van der Waals surface area contributed by atoms with Gasteiger partial charge >= 0.3 is 0 Å². The fraction of sp³-hybridized carbons (Fsp3) is 0.533. The molecule has 4 nitrogen and oxygen atoms in total. The third-order valence-electron chi connectivity index (χ3n) is 3.21. The molecule has 1 unspecified atom stereocenters. The Morgan fingerprint density at radius 3 is 2.05 bits per heavy atom. The topological polar surface area (TPSA) is 60.8 Å². The van der Waals surface area contributed by atoms with Gasteiger partial charge in [0.15, 0.2) is 0 Å². The van der Waals surface area contributed by atoms with Gasteiger partial charge in [0.1, 0.15) is 0 Å². The van der Waals surface area contributed by atoms with E-state index in [-0.39, 0.29) is 44.0 Å². The van der Waals surface area contributed by atoms with E-state index in [1.54, 1.807) is 12.1 Å². The van der Waals surface area contributed by atoms with Gasteiger partial charge < -0.3 is 15.1 Å². The van der Waals surface area contributed by atoms with Crippen molar-refractivity contribution in [1.29, 1.82) is 0 Å². The normalized spacial score (nSPS) is 12.5. The molecule has 112 valence electrons. The lowest BCUT2D eigenvalue weighted by Gasteiger charge is -2.28. The van der Waals surface area contributed by atoms with E-state index in [1.807, 2.05) is 26.0 Å². The molecule has 0 radical (unpaired) electrons. The number of carbonyl (C=O) groups is 1. The maximum absolute atomic E-state index is 12.6. The molecule has 0 aliphatic rings. The van der Waals surface area contributed by atoms with E-state index in [1.165, 1.54) is 4.90 Å². The Morgan fingerprint density at radius 1 is 1.15 bits per heavy atom. The molecule has 0 aromatic heterocycles. The van der Waals surface area contributed by atoms with E-state index >= 15 is 0 Å². The Kier molecular flexibility index (Phi) is 6.99. The zero-order chi connectivity index (χ0) is 15.1. The number of hydrogen-bond acceptors (Lipinski definition) is 3. The maximum atomic E-state index is 12.6. The number of hydrogen-bond donors (Lipinski definition) is 2. The van der Waals surface area contributed by atoms with Crippen LogP contribution in [0, 0.1) is 5.92 Å². The fourth-order valence-electron chi connectivity index (χ4n) is 2.25. The first kappa shape index (κ1) is 17.0. The van der Waals surface area contributed by atoms with Crippen molar-refractivity contribution in [1.82, 2.24) is 4.90 Å². The molecule has 0 bridgehead atoms. The zero-order valence-electron chi connectivity index (χ0n) is 11.9. The predicted octanol–water partition coefficient (Wildman–Crippen LogP) is 1.89. The molecule has 1 rings (SSSR count). The van der Waals surface area contributed by atoms with Gasteiger partial charge in [0.05, 0.1) is 19.1 Å². The van der Waals surface area contributed by atoms with Crippen molar-refractivity contribution in [2.24, 2.45) is 5.92 Å². The lowest BCUT2D eigenvalue weighted by molar-refractivity contribution is -0.134. The highest BCUT2D eigenvalue weighted by atomic mass is 35.5. The third-order valence-corrected chi connectivity index (χ3v) is 3.47. The van der Waals surface area contributed by atoms with Crippen molar-refractivity contribution < 1.29 is 15.0 Å². The molecule has 1 aromatic rings. The highest BCUT2D eigenvalue weighted by Crippen LogP contribution is 2.27. The van der Waals surface area contributed by atoms with Crippen LogP contribution in [0.5, 0.6) is 0 Å². The molecular weight excluding hydrogens is 278 g/mol. The van der Waals surface area contributed by atoms with Crippen molar-refractivity contribution in [3.05, 3.63) is 34.9 Å². The quantitative estimate of drug-likeness (QED) is 0.808. The van der Waals surface area contributed by atoms with Gasteiger partial charge in [0, 0.05) is 18.1 Å². The maximum Gasteiger partial charge on any atom is 0.230 e. The number of aliphatic hydroxyl groups excluding tert-OH is 2. The summed E-state index contributed by atoms with van der Waals surface area (Å²) in [5, 5.41) is 18.7. The van der Waals surface area contributed by atoms with Crippen LogP contribution in [-0.2, 0) is 4.79 Å². The molecule has 0 aliphatic carbocycles. The summed E-state index contributed by atoms with van der Waals surface area (Å²) in [5.74, 6) is -0.264. The number of benzene rings is 1. The molecule has 0 fully saturated rings. The number of amides is 1. The number of halogens is 1. The molecule has 0 saturated heterocycles. The minimum Gasteiger partial charge on any atom is -0.395 e. The van der Waals surface area contributed by atoms with Crippen molar-refractivity contribution in [2.45, 2.75) is 19.8 Å². The van der Waals surface area contributed by atoms with Crippen LogP contribution in [0.3, 0.4) is 0 Å². The molecule has 20 heavy (non-hydrogen) atoms. The monoisotopic (exact) mass is 299 g/mol. The van der Waals surface area contributed by atoms with Gasteiger partial charge in [-0.2, -0.15) is 0 Å². The molecule has 0 saturated carbocycles. The largest absolute Gasteiger partial charge is 0.395 e. The Morgan fingerprint density at radius 2 is 1.65 bits per heavy atom. The Labute approximate surface area is 125 Å². The Balaban J connectivity index is 2.99.